The van der Waals surface area contributed by atoms with Gasteiger partial charge in [0.2, 0.25) is 5.75 Å². The third kappa shape index (κ3) is 6.62. The van der Waals surface area contributed by atoms with Crippen molar-refractivity contribution in [2.45, 2.75) is 33.4 Å². The molecule has 1 atom stereocenters. The van der Waals surface area contributed by atoms with Gasteiger partial charge >= 0.3 is 0 Å². The summed E-state index contributed by atoms with van der Waals surface area (Å²) in [6.07, 6.45) is 0. The van der Waals surface area contributed by atoms with Gasteiger partial charge in [-0.2, -0.15) is 0 Å². The standard InChI is InChI=1S/C34H40N2O7/c1-7-35(8-2)16-17-36-30(24-19-27(40-4)33(42-6)28(20-24)41-5)29(32(38)34(36)39)31(37)26-15-14-25(18-22(26)3)43-21-23-12-10-9-11-13-23/h9-15,18-20,30,37H,7-8,16-17,21H2,1-6H3/b31-29+/t30-/m1/s1. The van der Waals surface area contributed by atoms with E-state index in [1.54, 1.807) is 24.3 Å². The number of methoxy groups -OCH3 is 3. The van der Waals surface area contributed by atoms with E-state index in [2.05, 4.69) is 4.90 Å². The number of ether oxygens (including phenoxy) is 4. The number of carbonyl (C=O) groups is 2. The maximum Gasteiger partial charge on any atom is 0.295 e. The van der Waals surface area contributed by atoms with Crippen molar-refractivity contribution in [3.05, 3.63) is 88.5 Å². The number of amides is 1. The Kier molecular flexibility index (Phi) is 10.3. The molecule has 43 heavy (non-hydrogen) atoms. The quantitative estimate of drug-likeness (QED) is 0.162. The molecule has 0 spiro atoms. The van der Waals surface area contributed by atoms with E-state index in [1.165, 1.54) is 26.2 Å². The molecule has 4 rings (SSSR count). The van der Waals surface area contributed by atoms with Gasteiger partial charge in [0, 0.05) is 18.7 Å². The number of likely N-dealkylation sites (N-methyl/N-ethyl adjacent to an activating group) is 1. The molecule has 3 aromatic rings. The van der Waals surface area contributed by atoms with Gasteiger partial charge in [-0.15, -0.1) is 0 Å². The molecule has 0 radical (unpaired) electrons. The molecule has 1 aliphatic heterocycles. The Labute approximate surface area is 253 Å². The number of carbonyl (C=O) groups excluding carboxylic acids is 2. The predicted molar refractivity (Wildman–Crippen MR) is 165 cm³/mol. The molecule has 228 valence electrons. The number of benzene rings is 3. The largest absolute Gasteiger partial charge is 0.507 e. The third-order valence-electron chi connectivity index (χ3n) is 7.80. The number of aliphatic hydroxyl groups is 1. The highest BCUT2D eigenvalue weighted by Gasteiger charge is 2.46. The highest BCUT2D eigenvalue weighted by molar-refractivity contribution is 6.46. The molecule has 1 N–H and O–H groups in total. The van der Waals surface area contributed by atoms with E-state index >= 15 is 0 Å². The summed E-state index contributed by atoms with van der Waals surface area (Å²) in [5.41, 5.74) is 2.71. The van der Waals surface area contributed by atoms with E-state index in [0.29, 0.717) is 52.8 Å². The molecule has 3 aromatic carbocycles. The summed E-state index contributed by atoms with van der Waals surface area (Å²) in [5, 5.41) is 11.7. The van der Waals surface area contributed by atoms with Crippen LogP contribution in [0.1, 0.15) is 42.1 Å². The van der Waals surface area contributed by atoms with Crippen LogP contribution in [0.3, 0.4) is 0 Å². The summed E-state index contributed by atoms with van der Waals surface area (Å²) in [4.78, 5) is 30.8. The lowest BCUT2D eigenvalue weighted by atomic mass is 9.93. The van der Waals surface area contributed by atoms with Gasteiger partial charge in [0.05, 0.1) is 32.9 Å². The molecule has 1 heterocycles. The Bertz CT molecular complexity index is 1460. The van der Waals surface area contributed by atoms with Crippen LogP contribution in [0.4, 0.5) is 0 Å². The first-order valence-electron chi connectivity index (χ1n) is 14.4. The summed E-state index contributed by atoms with van der Waals surface area (Å²) >= 11 is 0. The van der Waals surface area contributed by atoms with Crippen molar-refractivity contribution >= 4 is 17.4 Å². The zero-order chi connectivity index (χ0) is 31.1. The Morgan fingerprint density at radius 3 is 2.12 bits per heavy atom. The van der Waals surface area contributed by atoms with Crippen LogP contribution in [0.5, 0.6) is 23.0 Å². The zero-order valence-corrected chi connectivity index (χ0v) is 25.7. The predicted octanol–water partition coefficient (Wildman–Crippen LogP) is 5.36. The lowest BCUT2D eigenvalue weighted by molar-refractivity contribution is -0.140. The van der Waals surface area contributed by atoms with E-state index in [0.717, 1.165) is 18.7 Å². The number of aliphatic hydroxyl groups excluding tert-OH is 1. The molecule has 1 fully saturated rings. The molecule has 0 aliphatic carbocycles. The van der Waals surface area contributed by atoms with Gasteiger partial charge < -0.3 is 33.9 Å². The first-order chi connectivity index (χ1) is 20.8. The molecule has 0 saturated carbocycles. The maximum atomic E-state index is 13.6. The zero-order valence-electron chi connectivity index (χ0n) is 25.7. The van der Waals surface area contributed by atoms with Crippen LogP contribution in [0.15, 0.2) is 66.2 Å². The Morgan fingerprint density at radius 2 is 1.56 bits per heavy atom. The highest BCUT2D eigenvalue weighted by Crippen LogP contribution is 2.46. The summed E-state index contributed by atoms with van der Waals surface area (Å²) < 4.78 is 22.6. The van der Waals surface area contributed by atoms with Gasteiger partial charge in [-0.3, -0.25) is 9.59 Å². The normalized spacial score (nSPS) is 16.1. The number of hydrogen-bond acceptors (Lipinski definition) is 8. The van der Waals surface area contributed by atoms with Gasteiger partial charge in [0.15, 0.2) is 11.5 Å². The first-order valence-corrected chi connectivity index (χ1v) is 14.4. The average Bonchev–Trinajstić information content (AvgIpc) is 3.28. The molecular weight excluding hydrogens is 548 g/mol. The van der Waals surface area contributed by atoms with Crippen molar-refractivity contribution < 1.29 is 33.6 Å². The van der Waals surface area contributed by atoms with Crippen LogP contribution in [0.2, 0.25) is 0 Å². The minimum Gasteiger partial charge on any atom is -0.507 e. The smallest absolute Gasteiger partial charge is 0.295 e. The molecule has 9 heteroatoms. The van der Waals surface area contributed by atoms with Gasteiger partial charge in [0.25, 0.3) is 11.7 Å². The second-order valence-electron chi connectivity index (χ2n) is 10.2. The minimum atomic E-state index is -0.877. The van der Waals surface area contributed by atoms with E-state index in [-0.39, 0.29) is 17.9 Å². The van der Waals surface area contributed by atoms with Crippen LogP contribution in [-0.4, -0.2) is 74.1 Å². The number of nitrogens with zero attached hydrogens (tertiary/aromatic N) is 2. The van der Waals surface area contributed by atoms with Crippen LogP contribution in [0, 0.1) is 6.92 Å². The van der Waals surface area contributed by atoms with Gasteiger partial charge in [-0.05, 0) is 67.0 Å². The van der Waals surface area contributed by atoms with Gasteiger partial charge in [-0.25, -0.2) is 0 Å². The number of rotatable bonds is 13. The molecule has 0 unspecified atom stereocenters. The lowest BCUT2D eigenvalue weighted by Crippen LogP contribution is -2.38. The Hall–Kier alpha value is -4.50. The second kappa shape index (κ2) is 14.1. The number of aryl methyl sites for hydroxylation is 1. The maximum absolute atomic E-state index is 13.6. The Morgan fingerprint density at radius 1 is 0.907 bits per heavy atom. The SMILES string of the molecule is CCN(CC)CCN1C(=O)C(=O)/C(=C(/O)c2ccc(OCc3ccccc3)cc2C)[C@H]1c1cc(OC)c(OC)c(OC)c1. The fourth-order valence-electron chi connectivity index (χ4n) is 5.38. The van der Waals surface area contributed by atoms with E-state index in [1.807, 2.05) is 57.2 Å². The summed E-state index contributed by atoms with van der Waals surface area (Å²) in [7, 11) is 4.51. The second-order valence-corrected chi connectivity index (χ2v) is 10.2. The van der Waals surface area contributed by atoms with Crippen molar-refractivity contribution in [2.75, 3.05) is 47.5 Å². The van der Waals surface area contributed by atoms with Crippen LogP contribution < -0.4 is 18.9 Å². The van der Waals surface area contributed by atoms with Crippen molar-refractivity contribution in [3.8, 4) is 23.0 Å². The third-order valence-corrected chi connectivity index (χ3v) is 7.80. The fraction of sp³-hybridized carbons (Fsp3) is 0.353. The van der Waals surface area contributed by atoms with E-state index in [4.69, 9.17) is 18.9 Å². The van der Waals surface area contributed by atoms with Gasteiger partial charge in [-0.1, -0.05) is 44.2 Å². The monoisotopic (exact) mass is 588 g/mol. The molecular formula is C34H40N2O7. The van der Waals surface area contributed by atoms with Crippen molar-refractivity contribution in [3.63, 3.8) is 0 Å². The highest BCUT2D eigenvalue weighted by atomic mass is 16.5. The summed E-state index contributed by atoms with van der Waals surface area (Å²) in [6.45, 7) is 8.76. The van der Waals surface area contributed by atoms with E-state index < -0.39 is 17.7 Å². The number of ketones is 1. The van der Waals surface area contributed by atoms with Crippen LogP contribution in [-0.2, 0) is 16.2 Å². The average molecular weight is 589 g/mol. The topological polar surface area (TPSA) is 97.8 Å². The molecule has 9 nitrogen and oxygen atoms in total. The molecule has 1 saturated heterocycles. The molecule has 0 aromatic heterocycles. The van der Waals surface area contributed by atoms with Crippen LogP contribution in [0.25, 0.3) is 5.76 Å². The van der Waals surface area contributed by atoms with Gasteiger partial charge in [0.1, 0.15) is 18.1 Å². The van der Waals surface area contributed by atoms with E-state index in [9.17, 15) is 14.7 Å². The van der Waals surface area contributed by atoms with Crippen molar-refractivity contribution in [1.29, 1.82) is 0 Å². The fourth-order valence-corrected chi connectivity index (χ4v) is 5.38. The van der Waals surface area contributed by atoms with Crippen molar-refractivity contribution in [1.82, 2.24) is 9.80 Å². The molecule has 1 aliphatic rings. The first kappa shape index (κ1) is 31.4. The molecule has 0 bridgehead atoms. The summed E-state index contributed by atoms with van der Waals surface area (Å²) in [6, 6.07) is 17.6. The lowest BCUT2D eigenvalue weighted by Gasteiger charge is -2.29. The van der Waals surface area contributed by atoms with Crippen molar-refractivity contribution in [2.24, 2.45) is 0 Å². The Balaban J connectivity index is 1.79. The number of hydrogen-bond donors (Lipinski definition) is 1. The summed E-state index contributed by atoms with van der Waals surface area (Å²) in [5.74, 6) is 0.0844. The number of Topliss-reactive ketones (excluding diaryl/α,β-unsaturated/α-hetero) is 1. The number of likely N-dealkylation sites (tertiary alicyclic amines) is 1. The molecule has 1 amide bonds. The minimum absolute atomic E-state index is 0.000117. The van der Waals surface area contributed by atoms with Crippen LogP contribution >= 0.6 is 0 Å².